The fourth-order valence-electron chi connectivity index (χ4n) is 3.54. The highest BCUT2D eigenvalue weighted by atomic mass is 35.5. The van der Waals surface area contributed by atoms with Crippen molar-refractivity contribution in [2.45, 2.75) is 44.7 Å². The van der Waals surface area contributed by atoms with Gasteiger partial charge in [0.05, 0.1) is 21.8 Å². The maximum absolute atomic E-state index is 12.9. The van der Waals surface area contributed by atoms with E-state index in [9.17, 15) is 4.79 Å². The third-order valence-corrected chi connectivity index (χ3v) is 6.64. The molecule has 0 N–H and O–H groups in total. The molecule has 1 aliphatic carbocycles. The van der Waals surface area contributed by atoms with Crippen molar-refractivity contribution < 1.29 is 9.21 Å². The molecule has 8 heteroatoms. The second-order valence-electron chi connectivity index (χ2n) is 7.69. The molecule has 0 spiro atoms. The summed E-state index contributed by atoms with van der Waals surface area (Å²) in [5.41, 5.74) is 1.84. The molecule has 5 rings (SSSR count). The van der Waals surface area contributed by atoms with Crippen molar-refractivity contribution in [3.05, 3.63) is 64.5 Å². The van der Waals surface area contributed by atoms with Crippen LogP contribution >= 0.6 is 22.9 Å². The van der Waals surface area contributed by atoms with E-state index in [1.807, 2.05) is 35.2 Å². The molecule has 0 aliphatic heterocycles. The molecule has 6 nitrogen and oxygen atoms in total. The summed E-state index contributed by atoms with van der Waals surface area (Å²) in [6.07, 6.45) is 4.14. The van der Waals surface area contributed by atoms with E-state index in [0.717, 1.165) is 41.8 Å². The largest absolute Gasteiger partial charge is 0.419 e. The Labute approximate surface area is 188 Å². The van der Waals surface area contributed by atoms with Crippen LogP contribution in [0.15, 0.2) is 52.9 Å². The number of aryl methyl sites for hydroxylation is 1. The van der Waals surface area contributed by atoms with E-state index in [4.69, 9.17) is 16.0 Å². The number of carbonyl (C=O) groups is 1. The van der Waals surface area contributed by atoms with Gasteiger partial charge in [0.1, 0.15) is 0 Å². The zero-order valence-corrected chi connectivity index (χ0v) is 18.4. The van der Waals surface area contributed by atoms with Gasteiger partial charge in [0.2, 0.25) is 17.7 Å². The summed E-state index contributed by atoms with van der Waals surface area (Å²) < 4.78 is 7.00. The van der Waals surface area contributed by atoms with Gasteiger partial charge in [-0.05, 0) is 62.1 Å². The molecule has 158 valence electrons. The third kappa shape index (κ3) is 4.78. The standard InChI is InChI=1S/C23H21ClN4O2S/c24-16-10-8-15(9-11-16)23-27-26-20(30-23)14-28(17-12-13-17)22(29)7-3-6-21-25-18-4-1-2-5-19(18)31-21/h1-2,4-5,8-11,17H,3,6-7,12-14H2. The summed E-state index contributed by atoms with van der Waals surface area (Å²) >= 11 is 7.64. The average Bonchev–Trinajstić information content (AvgIpc) is 3.36. The van der Waals surface area contributed by atoms with Crippen molar-refractivity contribution in [1.82, 2.24) is 20.1 Å². The van der Waals surface area contributed by atoms with E-state index >= 15 is 0 Å². The smallest absolute Gasteiger partial charge is 0.247 e. The van der Waals surface area contributed by atoms with Crippen LogP contribution in [0, 0.1) is 0 Å². The molecule has 1 aliphatic rings. The predicted octanol–water partition coefficient (Wildman–Crippen LogP) is 5.51. The predicted molar refractivity (Wildman–Crippen MR) is 121 cm³/mol. The van der Waals surface area contributed by atoms with Crippen LogP contribution in [0.2, 0.25) is 5.02 Å². The zero-order valence-electron chi connectivity index (χ0n) is 16.8. The molecule has 4 aromatic rings. The first kappa shape index (κ1) is 20.2. The van der Waals surface area contributed by atoms with Crippen LogP contribution in [0.4, 0.5) is 0 Å². The zero-order chi connectivity index (χ0) is 21.2. The Hall–Kier alpha value is -2.77. The van der Waals surface area contributed by atoms with Gasteiger partial charge in [-0.25, -0.2) is 4.98 Å². The Morgan fingerprint density at radius 3 is 2.71 bits per heavy atom. The van der Waals surface area contributed by atoms with Gasteiger partial charge in [-0.3, -0.25) is 4.79 Å². The number of carbonyl (C=O) groups excluding carboxylic acids is 1. The van der Waals surface area contributed by atoms with Crippen molar-refractivity contribution in [2.24, 2.45) is 0 Å². The van der Waals surface area contributed by atoms with Crippen LogP contribution in [0.5, 0.6) is 0 Å². The molecule has 0 bridgehead atoms. The average molecular weight is 453 g/mol. The molecule has 0 unspecified atom stereocenters. The first-order valence-electron chi connectivity index (χ1n) is 10.4. The summed E-state index contributed by atoms with van der Waals surface area (Å²) in [5, 5.41) is 10.0. The summed E-state index contributed by atoms with van der Waals surface area (Å²) in [6.45, 7) is 0.352. The van der Waals surface area contributed by atoms with E-state index < -0.39 is 0 Å². The number of rotatable bonds is 8. The molecular formula is C23H21ClN4O2S. The second kappa shape index (κ2) is 8.77. The quantitative estimate of drug-likeness (QED) is 0.352. The summed E-state index contributed by atoms with van der Waals surface area (Å²) in [4.78, 5) is 19.5. The minimum Gasteiger partial charge on any atom is -0.419 e. The Kier molecular flexibility index (Phi) is 5.70. The maximum atomic E-state index is 12.9. The van der Waals surface area contributed by atoms with Crippen LogP contribution in [-0.2, 0) is 17.8 Å². The lowest BCUT2D eigenvalue weighted by atomic mass is 10.2. The summed E-state index contributed by atoms with van der Waals surface area (Å²) in [6, 6.07) is 15.7. The maximum Gasteiger partial charge on any atom is 0.247 e. The minimum atomic E-state index is 0.134. The molecule has 0 saturated heterocycles. The molecule has 0 radical (unpaired) electrons. The van der Waals surface area contributed by atoms with E-state index in [2.05, 4.69) is 21.2 Å². The van der Waals surface area contributed by atoms with Gasteiger partial charge < -0.3 is 9.32 Å². The molecule has 2 heterocycles. The lowest BCUT2D eigenvalue weighted by Crippen LogP contribution is -2.32. The SMILES string of the molecule is O=C(CCCc1nc2ccccc2s1)N(Cc1nnc(-c2ccc(Cl)cc2)o1)C1CC1. The van der Waals surface area contributed by atoms with Gasteiger partial charge >= 0.3 is 0 Å². The molecule has 2 aromatic carbocycles. The van der Waals surface area contributed by atoms with Crippen LogP contribution in [-0.4, -0.2) is 32.0 Å². The Balaban J connectivity index is 1.19. The summed E-state index contributed by atoms with van der Waals surface area (Å²) in [5.74, 6) is 1.02. The van der Waals surface area contributed by atoms with Crippen molar-refractivity contribution >= 4 is 39.1 Å². The van der Waals surface area contributed by atoms with Crippen LogP contribution < -0.4 is 0 Å². The molecule has 0 atom stereocenters. The normalized spacial score (nSPS) is 13.6. The number of aromatic nitrogens is 3. The fourth-order valence-corrected chi connectivity index (χ4v) is 4.68. The number of benzene rings is 2. The van der Waals surface area contributed by atoms with Crippen molar-refractivity contribution in [3.8, 4) is 11.5 Å². The van der Waals surface area contributed by atoms with Crippen molar-refractivity contribution in [3.63, 3.8) is 0 Å². The van der Waals surface area contributed by atoms with E-state index in [-0.39, 0.29) is 11.9 Å². The van der Waals surface area contributed by atoms with Crippen LogP contribution in [0.1, 0.15) is 36.6 Å². The number of hydrogen-bond acceptors (Lipinski definition) is 6. The summed E-state index contributed by atoms with van der Waals surface area (Å²) in [7, 11) is 0. The van der Waals surface area contributed by atoms with Crippen molar-refractivity contribution in [1.29, 1.82) is 0 Å². The first-order chi connectivity index (χ1) is 15.2. The highest BCUT2D eigenvalue weighted by Crippen LogP contribution is 2.30. The van der Waals surface area contributed by atoms with Crippen LogP contribution in [0.3, 0.4) is 0 Å². The fraction of sp³-hybridized carbons (Fsp3) is 0.304. The number of fused-ring (bicyclic) bond motifs is 1. The van der Waals surface area contributed by atoms with E-state index in [1.165, 1.54) is 4.70 Å². The number of amides is 1. The monoisotopic (exact) mass is 452 g/mol. The van der Waals surface area contributed by atoms with Gasteiger partial charge in [0.15, 0.2) is 0 Å². The molecule has 1 saturated carbocycles. The van der Waals surface area contributed by atoms with E-state index in [0.29, 0.717) is 29.8 Å². The molecule has 1 amide bonds. The first-order valence-corrected chi connectivity index (χ1v) is 11.6. The molecule has 2 aromatic heterocycles. The van der Waals surface area contributed by atoms with Gasteiger partial charge in [-0.2, -0.15) is 0 Å². The molecule has 31 heavy (non-hydrogen) atoms. The lowest BCUT2D eigenvalue weighted by molar-refractivity contribution is -0.132. The van der Waals surface area contributed by atoms with Gasteiger partial charge in [-0.15, -0.1) is 21.5 Å². The number of para-hydroxylation sites is 1. The lowest BCUT2D eigenvalue weighted by Gasteiger charge is -2.20. The van der Waals surface area contributed by atoms with Gasteiger partial charge in [0.25, 0.3) is 0 Å². The topological polar surface area (TPSA) is 72.1 Å². The highest BCUT2D eigenvalue weighted by molar-refractivity contribution is 7.18. The van der Waals surface area contributed by atoms with Crippen LogP contribution in [0.25, 0.3) is 21.7 Å². The van der Waals surface area contributed by atoms with E-state index in [1.54, 1.807) is 23.5 Å². The number of halogens is 1. The highest BCUT2D eigenvalue weighted by Gasteiger charge is 2.33. The molecule has 1 fully saturated rings. The minimum absolute atomic E-state index is 0.134. The van der Waals surface area contributed by atoms with Gasteiger partial charge in [-0.1, -0.05) is 23.7 Å². The molecular weight excluding hydrogens is 432 g/mol. The van der Waals surface area contributed by atoms with Crippen molar-refractivity contribution in [2.75, 3.05) is 0 Å². The van der Waals surface area contributed by atoms with Gasteiger partial charge in [0, 0.05) is 23.0 Å². The Bertz CT molecular complexity index is 1170. The third-order valence-electron chi connectivity index (χ3n) is 5.29. The number of nitrogens with zero attached hydrogens (tertiary/aromatic N) is 4. The number of hydrogen-bond donors (Lipinski definition) is 0. The second-order valence-corrected chi connectivity index (χ2v) is 9.24. The Morgan fingerprint density at radius 2 is 1.94 bits per heavy atom. The number of thiazole rings is 1. The Morgan fingerprint density at radius 1 is 1.13 bits per heavy atom.